The van der Waals surface area contributed by atoms with Gasteiger partial charge in [-0.25, -0.2) is 4.39 Å². The SMILES string of the molecule is O=C(O)CCc1ccc(-c2ccc(F)cc2)n1NC(=O)c1cccc2ccccc12. The lowest BCUT2D eigenvalue weighted by Crippen LogP contribution is -2.25. The van der Waals surface area contributed by atoms with E-state index < -0.39 is 5.97 Å². The Morgan fingerprint density at radius 2 is 1.63 bits per heavy atom. The molecule has 4 rings (SSSR count). The first-order chi connectivity index (χ1) is 14.5. The quantitative estimate of drug-likeness (QED) is 0.484. The first kappa shape index (κ1) is 19.4. The van der Waals surface area contributed by atoms with E-state index in [0.29, 0.717) is 22.5 Å². The topological polar surface area (TPSA) is 71.3 Å². The molecule has 2 N–H and O–H groups in total. The van der Waals surface area contributed by atoms with E-state index in [-0.39, 0.29) is 24.6 Å². The molecule has 0 aliphatic rings. The van der Waals surface area contributed by atoms with Gasteiger partial charge in [0.15, 0.2) is 0 Å². The van der Waals surface area contributed by atoms with Crippen molar-refractivity contribution < 1.29 is 19.1 Å². The minimum atomic E-state index is -0.925. The predicted molar refractivity (Wildman–Crippen MR) is 113 cm³/mol. The van der Waals surface area contributed by atoms with Crippen LogP contribution in [0.25, 0.3) is 22.0 Å². The second kappa shape index (κ2) is 8.21. The maximum Gasteiger partial charge on any atom is 0.303 e. The second-order valence-electron chi connectivity index (χ2n) is 6.91. The normalized spacial score (nSPS) is 10.8. The number of hydrogen-bond donors (Lipinski definition) is 2. The number of amides is 1. The van der Waals surface area contributed by atoms with Crippen LogP contribution >= 0.6 is 0 Å². The van der Waals surface area contributed by atoms with E-state index in [0.717, 1.165) is 10.8 Å². The number of rotatable bonds is 6. The van der Waals surface area contributed by atoms with E-state index in [4.69, 9.17) is 5.11 Å². The molecule has 0 radical (unpaired) electrons. The van der Waals surface area contributed by atoms with Gasteiger partial charge in [0, 0.05) is 23.2 Å². The Morgan fingerprint density at radius 3 is 2.40 bits per heavy atom. The molecular weight excluding hydrogens is 383 g/mol. The molecule has 0 spiro atoms. The molecule has 1 aromatic heterocycles. The molecule has 3 aromatic carbocycles. The van der Waals surface area contributed by atoms with Crippen LogP contribution in [0.2, 0.25) is 0 Å². The van der Waals surface area contributed by atoms with Crippen molar-refractivity contribution in [3.8, 4) is 11.3 Å². The van der Waals surface area contributed by atoms with Crippen LogP contribution in [-0.2, 0) is 11.2 Å². The van der Waals surface area contributed by atoms with Gasteiger partial charge in [-0.05, 0) is 53.2 Å². The van der Waals surface area contributed by atoms with Crippen LogP contribution in [0, 0.1) is 5.82 Å². The van der Waals surface area contributed by atoms with Crippen LogP contribution in [-0.4, -0.2) is 21.7 Å². The third-order valence-electron chi connectivity index (χ3n) is 4.94. The molecule has 150 valence electrons. The summed E-state index contributed by atoms with van der Waals surface area (Å²) in [5.41, 5.74) is 5.40. The van der Waals surface area contributed by atoms with Crippen molar-refractivity contribution in [3.05, 3.63) is 95.9 Å². The lowest BCUT2D eigenvalue weighted by molar-refractivity contribution is -0.136. The summed E-state index contributed by atoms with van der Waals surface area (Å²) in [7, 11) is 0. The number of carbonyl (C=O) groups excluding carboxylic acids is 1. The minimum absolute atomic E-state index is 0.0724. The van der Waals surface area contributed by atoms with Gasteiger partial charge in [-0.3, -0.25) is 19.7 Å². The Morgan fingerprint density at radius 1 is 0.900 bits per heavy atom. The smallest absolute Gasteiger partial charge is 0.303 e. The fraction of sp³-hybridized carbons (Fsp3) is 0.0833. The number of benzene rings is 3. The summed E-state index contributed by atoms with van der Waals surface area (Å²) in [4.78, 5) is 24.2. The van der Waals surface area contributed by atoms with E-state index in [1.54, 1.807) is 35.0 Å². The van der Waals surface area contributed by atoms with Crippen LogP contribution in [0.3, 0.4) is 0 Å². The molecule has 0 fully saturated rings. The molecule has 0 unspecified atom stereocenters. The number of aryl methyl sites for hydroxylation is 1. The lowest BCUT2D eigenvalue weighted by Gasteiger charge is -2.16. The Balaban J connectivity index is 1.74. The predicted octanol–water partition coefficient (Wildman–Crippen LogP) is 4.85. The summed E-state index contributed by atoms with van der Waals surface area (Å²) in [6.45, 7) is 0. The highest BCUT2D eigenvalue weighted by Gasteiger charge is 2.16. The fourth-order valence-electron chi connectivity index (χ4n) is 3.47. The van der Waals surface area contributed by atoms with E-state index >= 15 is 0 Å². The van der Waals surface area contributed by atoms with Gasteiger partial charge in [0.1, 0.15) is 5.82 Å². The number of aliphatic carboxylic acids is 1. The zero-order valence-corrected chi connectivity index (χ0v) is 16.0. The summed E-state index contributed by atoms with van der Waals surface area (Å²) >= 11 is 0. The molecule has 1 amide bonds. The van der Waals surface area contributed by atoms with Crippen molar-refractivity contribution in [3.63, 3.8) is 0 Å². The molecule has 1 heterocycles. The zero-order valence-electron chi connectivity index (χ0n) is 16.0. The molecule has 0 bridgehead atoms. The highest BCUT2D eigenvalue weighted by molar-refractivity contribution is 6.10. The molecule has 0 aliphatic carbocycles. The fourth-order valence-corrected chi connectivity index (χ4v) is 3.47. The highest BCUT2D eigenvalue weighted by atomic mass is 19.1. The zero-order chi connectivity index (χ0) is 21.1. The number of hydrogen-bond acceptors (Lipinski definition) is 2. The monoisotopic (exact) mass is 402 g/mol. The number of halogens is 1. The van der Waals surface area contributed by atoms with E-state index in [9.17, 15) is 14.0 Å². The Bertz CT molecular complexity index is 1220. The number of fused-ring (bicyclic) bond motifs is 1. The van der Waals surface area contributed by atoms with E-state index in [1.165, 1.54) is 12.1 Å². The summed E-state index contributed by atoms with van der Waals surface area (Å²) < 4.78 is 14.9. The first-order valence-electron chi connectivity index (χ1n) is 9.50. The lowest BCUT2D eigenvalue weighted by atomic mass is 10.0. The standard InChI is InChI=1S/C24H19FN2O3/c25-18-10-8-17(9-11-18)22-14-12-19(13-15-23(28)29)27(22)26-24(30)21-7-3-5-16-4-1-2-6-20(16)21/h1-12,14H,13,15H2,(H,26,30)(H,28,29). The van der Waals surface area contributed by atoms with Crippen LogP contribution in [0.15, 0.2) is 78.9 Å². The van der Waals surface area contributed by atoms with Crippen LogP contribution in [0.5, 0.6) is 0 Å². The molecule has 30 heavy (non-hydrogen) atoms. The van der Waals surface area contributed by atoms with Gasteiger partial charge >= 0.3 is 5.97 Å². The summed E-state index contributed by atoms with van der Waals surface area (Å²) in [6, 6.07) is 22.6. The molecule has 5 nitrogen and oxygen atoms in total. The van der Waals surface area contributed by atoms with Crippen molar-refractivity contribution in [1.82, 2.24) is 4.68 Å². The van der Waals surface area contributed by atoms with Crippen molar-refractivity contribution >= 4 is 22.6 Å². The third kappa shape index (κ3) is 3.93. The molecule has 0 saturated heterocycles. The van der Waals surface area contributed by atoms with Crippen molar-refractivity contribution in [2.24, 2.45) is 0 Å². The summed E-state index contributed by atoms with van der Waals surface area (Å²) in [5.74, 6) is -1.60. The Kier molecular flexibility index (Phi) is 5.30. The molecular formula is C24H19FN2O3. The van der Waals surface area contributed by atoms with E-state index in [1.807, 2.05) is 36.4 Å². The van der Waals surface area contributed by atoms with Gasteiger partial charge < -0.3 is 5.11 Å². The van der Waals surface area contributed by atoms with Gasteiger partial charge in [-0.1, -0.05) is 36.4 Å². The highest BCUT2D eigenvalue weighted by Crippen LogP contribution is 2.24. The van der Waals surface area contributed by atoms with E-state index in [2.05, 4.69) is 5.43 Å². The van der Waals surface area contributed by atoms with Gasteiger partial charge in [-0.15, -0.1) is 0 Å². The number of carboxylic acid groups (broad SMARTS) is 1. The minimum Gasteiger partial charge on any atom is -0.481 e. The number of nitrogens with zero attached hydrogens (tertiary/aromatic N) is 1. The van der Waals surface area contributed by atoms with Crippen molar-refractivity contribution in [1.29, 1.82) is 0 Å². The van der Waals surface area contributed by atoms with Gasteiger partial charge in [0.25, 0.3) is 5.91 Å². The maximum absolute atomic E-state index is 13.4. The second-order valence-corrected chi connectivity index (χ2v) is 6.91. The van der Waals surface area contributed by atoms with Gasteiger partial charge in [0.05, 0.1) is 12.1 Å². The summed E-state index contributed by atoms with van der Waals surface area (Å²) in [5, 5.41) is 10.8. The Labute approximate surface area is 172 Å². The van der Waals surface area contributed by atoms with Crippen molar-refractivity contribution in [2.75, 3.05) is 5.43 Å². The Hall–Kier alpha value is -3.93. The number of carboxylic acids is 1. The number of aromatic nitrogens is 1. The van der Waals surface area contributed by atoms with Crippen LogP contribution in [0.4, 0.5) is 4.39 Å². The molecule has 6 heteroatoms. The maximum atomic E-state index is 13.4. The molecule has 0 aliphatic heterocycles. The average molecular weight is 402 g/mol. The molecule has 0 saturated carbocycles. The molecule has 4 aromatic rings. The van der Waals surface area contributed by atoms with Crippen molar-refractivity contribution in [2.45, 2.75) is 12.8 Å². The van der Waals surface area contributed by atoms with Gasteiger partial charge in [-0.2, -0.15) is 0 Å². The summed E-state index contributed by atoms with van der Waals surface area (Å²) in [6.07, 6.45) is 0.170. The van der Waals surface area contributed by atoms with Crippen LogP contribution in [0.1, 0.15) is 22.5 Å². The number of carbonyl (C=O) groups is 2. The molecule has 0 atom stereocenters. The number of nitrogens with one attached hydrogen (secondary N) is 1. The van der Waals surface area contributed by atoms with Crippen LogP contribution < -0.4 is 5.43 Å². The largest absolute Gasteiger partial charge is 0.481 e. The third-order valence-corrected chi connectivity index (χ3v) is 4.94. The van der Waals surface area contributed by atoms with Gasteiger partial charge in [0.2, 0.25) is 0 Å². The first-order valence-corrected chi connectivity index (χ1v) is 9.50. The average Bonchev–Trinajstić information content (AvgIpc) is 3.14.